The molecule has 0 spiro atoms. The maximum absolute atomic E-state index is 13.3. The molecule has 0 unspecified atom stereocenters. The van der Waals surface area contributed by atoms with Crippen molar-refractivity contribution in [2.24, 2.45) is 0 Å². The molecule has 2 aromatic carbocycles. The van der Waals surface area contributed by atoms with Gasteiger partial charge in [-0.1, -0.05) is 0 Å². The van der Waals surface area contributed by atoms with Gasteiger partial charge in [0.15, 0.2) is 23.1 Å². The molecule has 0 aliphatic carbocycles. The van der Waals surface area contributed by atoms with E-state index in [1.807, 2.05) is 0 Å². The average molecular weight is 354 g/mol. The highest BCUT2D eigenvalue weighted by Crippen LogP contribution is 2.40. The number of halogens is 2. The van der Waals surface area contributed by atoms with Crippen LogP contribution in [0.4, 0.5) is 25.0 Å². The summed E-state index contributed by atoms with van der Waals surface area (Å²) >= 11 is 0. The van der Waals surface area contributed by atoms with Crippen LogP contribution in [-0.4, -0.2) is 32.5 Å². The smallest absolute Gasteiger partial charge is 0.323 e. The highest BCUT2D eigenvalue weighted by atomic mass is 19.1. The third kappa shape index (κ3) is 4.00. The maximum Gasteiger partial charge on any atom is 0.323 e. The molecule has 0 fully saturated rings. The highest BCUT2D eigenvalue weighted by molar-refractivity contribution is 6.01. The zero-order valence-corrected chi connectivity index (χ0v) is 13.6. The molecule has 0 aromatic heterocycles. The predicted octanol–water partition coefficient (Wildman–Crippen LogP) is 3.34. The number of rotatable bonds is 5. The quantitative estimate of drug-likeness (QED) is 0.717. The second-order valence-corrected chi connectivity index (χ2v) is 4.78. The van der Waals surface area contributed by atoms with E-state index in [9.17, 15) is 18.7 Å². The lowest BCUT2D eigenvalue weighted by molar-refractivity contribution is 0.262. The van der Waals surface area contributed by atoms with Crippen molar-refractivity contribution in [2.75, 3.05) is 32.0 Å². The standard InChI is InChI=1S/C16H16F2N2O5/c1-23-12-6-9(7-13(24-2)15(12)25-3)19-16(22)20-11-5-8(17)4-10(18)14(11)21/h4-7,21H,1-3H3,(H2,19,20,22). The second-order valence-electron chi connectivity index (χ2n) is 4.78. The van der Waals surface area contributed by atoms with Crippen LogP contribution in [-0.2, 0) is 0 Å². The first-order valence-electron chi connectivity index (χ1n) is 6.95. The van der Waals surface area contributed by atoms with Crippen LogP contribution < -0.4 is 24.8 Å². The molecule has 2 rings (SSSR count). The van der Waals surface area contributed by atoms with Crippen molar-refractivity contribution in [2.45, 2.75) is 0 Å². The minimum absolute atomic E-state index is 0.267. The Kier molecular flexibility index (Phi) is 5.48. The second kappa shape index (κ2) is 7.56. The number of methoxy groups -OCH3 is 3. The molecule has 0 radical (unpaired) electrons. The minimum atomic E-state index is -1.19. The summed E-state index contributed by atoms with van der Waals surface area (Å²) in [5, 5.41) is 14.1. The van der Waals surface area contributed by atoms with Crippen LogP contribution in [0.25, 0.3) is 0 Å². The van der Waals surface area contributed by atoms with Crippen LogP contribution in [0.15, 0.2) is 24.3 Å². The molecule has 25 heavy (non-hydrogen) atoms. The number of hydrogen-bond acceptors (Lipinski definition) is 5. The van der Waals surface area contributed by atoms with Crippen molar-refractivity contribution in [1.82, 2.24) is 0 Å². The number of phenolic OH excluding ortho intramolecular Hbond substituents is 1. The molecule has 2 aromatic rings. The van der Waals surface area contributed by atoms with Crippen LogP contribution in [0.2, 0.25) is 0 Å². The van der Waals surface area contributed by atoms with E-state index in [1.165, 1.54) is 33.5 Å². The number of phenols is 1. The van der Waals surface area contributed by atoms with Crippen molar-refractivity contribution in [3.63, 3.8) is 0 Å². The first kappa shape index (κ1) is 18.1. The lowest BCUT2D eigenvalue weighted by Crippen LogP contribution is -2.20. The number of urea groups is 1. The van der Waals surface area contributed by atoms with E-state index in [4.69, 9.17) is 14.2 Å². The van der Waals surface area contributed by atoms with Crippen LogP contribution in [0.1, 0.15) is 0 Å². The Bertz CT molecular complexity index is 773. The Morgan fingerprint density at radius 3 is 2.08 bits per heavy atom. The molecular formula is C16H16F2N2O5. The molecule has 134 valence electrons. The summed E-state index contributed by atoms with van der Waals surface area (Å²) in [6.45, 7) is 0. The summed E-state index contributed by atoms with van der Waals surface area (Å²) in [5.74, 6) is -2.07. The molecule has 3 N–H and O–H groups in total. The monoisotopic (exact) mass is 354 g/mol. The molecule has 0 aliphatic heterocycles. The largest absolute Gasteiger partial charge is 0.503 e. The zero-order valence-electron chi connectivity index (χ0n) is 13.6. The number of anilines is 2. The number of nitrogens with one attached hydrogen (secondary N) is 2. The van der Waals surface area contributed by atoms with Gasteiger partial charge in [-0.05, 0) is 0 Å². The Morgan fingerprint density at radius 1 is 0.960 bits per heavy atom. The molecule has 0 heterocycles. The molecule has 7 nitrogen and oxygen atoms in total. The number of hydrogen-bond donors (Lipinski definition) is 3. The summed E-state index contributed by atoms with van der Waals surface area (Å²) < 4.78 is 42.0. The Balaban J connectivity index is 2.24. The minimum Gasteiger partial charge on any atom is -0.503 e. The maximum atomic E-state index is 13.3. The van der Waals surface area contributed by atoms with Crippen molar-refractivity contribution in [3.8, 4) is 23.0 Å². The Labute approximate surface area is 142 Å². The molecule has 0 atom stereocenters. The fraction of sp³-hybridized carbons (Fsp3) is 0.188. The van der Waals surface area contributed by atoms with Crippen molar-refractivity contribution >= 4 is 17.4 Å². The van der Waals surface area contributed by atoms with E-state index >= 15 is 0 Å². The van der Waals surface area contributed by atoms with Gasteiger partial charge in [-0.15, -0.1) is 0 Å². The molecule has 0 saturated carbocycles. The summed E-state index contributed by atoms with van der Waals surface area (Å²) in [6.07, 6.45) is 0. The molecule has 0 aliphatic rings. The van der Waals surface area contributed by atoms with E-state index in [0.29, 0.717) is 23.3 Å². The van der Waals surface area contributed by atoms with E-state index in [-0.39, 0.29) is 5.69 Å². The predicted molar refractivity (Wildman–Crippen MR) is 86.8 cm³/mol. The third-order valence-electron chi connectivity index (χ3n) is 3.20. The number of amides is 2. The van der Waals surface area contributed by atoms with Gasteiger partial charge in [0, 0.05) is 24.3 Å². The van der Waals surface area contributed by atoms with Gasteiger partial charge in [-0.2, -0.15) is 0 Å². The van der Waals surface area contributed by atoms with E-state index in [0.717, 1.165) is 6.07 Å². The summed E-state index contributed by atoms with van der Waals surface area (Å²) in [5.41, 5.74) is -0.147. The molecule has 2 amide bonds. The lowest BCUT2D eigenvalue weighted by Gasteiger charge is -2.15. The van der Waals surface area contributed by atoms with Crippen molar-refractivity contribution in [3.05, 3.63) is 35.9 Å². The number of benzene rings is 2. The van der Waals surface area contributed by atoms with E-state index in [1.54, 1.807) is 0 Å². The third-order valence-corrected chi connectivity index (χ3v) is 3.20. The van der Waals surface area contributed by atoms with Gasteiger partial charge in [0.2, 0.25) is 5.75 Å². The van der Waals surface area contributed by atoms with Crippen LogP contribution in [0, 0.1) is 11.6 Å². The number of carbonyl (C=O) groups is 1. The van der Waals surface area contributed by atoms with Gasteiger partial charge in [0.25, 0.3) is 0 Å². The first-order chi connectivity index (χ1) is 11.9. The topological polar surface area (TPSA) is 89.1 Å². The van der Waals surface area contributed by atoms with Crippen molar-refractivity contribution in [1.29, 1.82) is 0 Å². The van der Waals surface area contributed by atoms with Gasteiger partial charge in [-0.25, -0.2) is 13.6 Å². The molecule has 0 saturated heterocycles. The van der Waals surface area contributed by atoms with Crippen molar-refractivity contribution < 1.29 is 32.9 Å². The molecule has 0 bridgehead atoms. The van der Waals surface area contributed by atoms with Crippen LogP contribution in [0.3, 0.4) is 0 Å². The fourth-order valence-corrected chi connectivity index (χ4v) is 2.10. The average Bonchev–Trinajstić information content (AvgIpc) is 2.58. The number of aromatic hydroxyl groups is 1. The summed E-state index contributed by atoms with van der Waals surface area (Å²) in [7, 11) is 4.25. The normalized spacial score (nSPS) is 10.1. The van der Waals surface area contributed by atoms with Gasteiger partial charge >= 0.3 is 6.03 Å². The first-order valence-corrected chi connectivity index (χ1v) is 6.95. The van der Waals surface area contributed by atoms with Gasteiger partial charge in [0.1, 0.15) is 5.82 Å². The van der Waals surface area contributed by atoms with Gasteiger partial charge in [0.05, 0.1) is 32.7 Å². The van der Waals surface area contributed by atoms with Gasteiger partial charge in [-0.3, -0.25) is 0 Å². The van der Waals surface area contributed by atoms with Crippen LogP contribution in [0.5, 0.6) is 23.0 Å². The SMILES string of the molecule is COc1cc(NC(=O)Nc2cc(F)cc(F)c2O)cc(OC)c1OC. The summed E-state index contributed by atoms with van der Waals surface area (Å²) in [4.78, 5) is 12.0. The van der Waals surface area contributed by atoms with Crippen LogP contribution >= 0.6 is 0 Å². The fourth-order valence-electron chi connectivity index (χ4n) is 2.10. The highest BCUT2D eigenvalue weighted by Gasteiger charge is 2.16. The number of carbonyl (C=O) groups excluding carboxylic acids is 1. The molecule has 9 heteroatoms. The Morgan fingerprint density at radius 2 is 1.56 bits per heavy atom. The Hall–Kier alpha value is -3.23. The van der Waals surface area contributed by atoms with Gasteiger partial charge < -0.3 is 30.0 Å². The van der Waals surface area contributed by atoms with E-state index in [2.05, 4.69) is 10.6 Å². The molecular weight excluding hydrogens is 338 g/mol. The summed E-state index contributed by atoms with van der Waals surface area (Å²) in [6, 6.07) is 3.37. The lowest BCUT2D eigenvalue weighted by atomic mass is 10.2. The van der Waals surface area contributed by atoms with E-state index < -0.39 is 29.1 Å². The zero-order chi connectivity index (χ0) is 18.6. The number of ether oxygens (including phenoxy) is 3.